The summed E-state index contributed by atoms with van der Waals surface area (Å²) < 4.78 is 42.9. The number of nitrogens with one attached hydrogen (secondary N) is 1. The van der Waals surface area contributed by atoms with Crippen molar-refractivity contribution in [3.05, 3.63) is 35.6 Å². The van der Waals surface area contributed by atoms with E-state index in [1.54, 1.807) is 6.07 Å². The number of sulfonamides is 1. The van der Waals surface area contributed by atoms with Gasteiger partial charge in [0.05, 0.1) is 12.9 Å². The van der Waals surface area contributed by atoms with E-state index in [2.05, 4.69) is 9.46 Å². The summed E-state index contributed by atoms with van der Waals surface area (Å²) in [6, 6.07) is 5.68. The van der Waals surface area contributed by atoms with Crippen LogP contribution >= 0.6 is 0 Å². The van der Waals surface area contributed by atoms with Gasteiger partial charge in [-0.3, -0.25) is 4.79 Å². The van der Waals surface area contributed by atoms with Crippen LogP contribution in [0.4, 0.5) is 4.39 Å². The molecule has 0 bridgehead atoms. The molecule has 0 aliphatic heterocycles. The molecular weight excluding hydrogens is 273 g/mol. The second kappa shape index (κ2) is 7.20. The van der Waals surface area contributed by atoms with Crippen LogP contribution < -0.4 is 4.72 Å². The quantitative estimate of drug-likeness (QED) is 0.766. The Kier molecular flexibility index (Phi) is 5.91. The highest BCUT2D eigenvalue weighted by Gasteiger charge is 2.11. The Morgan fingerprint density at radius 3 is 2.79 bits per heavy atom. The Hall–Kier alpha value is -1.47. The SMILES string of the molecule is COC(=O)CCCS(=O)(=O)NCc1cccc(F)c1. The van der Waals surface area contributed by atoms with E-state index < -0.39 is 21.8 Å². The zero-order valence-electron chi connectivity index (χ0n) is 10.6. The van der Waals surface area contributed by atoms with Gasteiger partial charge in [-0.1, -0.05) is 12.1 Å². The minimum absolute atomic E-state index is 0.0261. The van der Waals surface area contributed by atoms with E-state index in [1.165, 1.54) is 25.3 Å². The van der Waals surface area contributed by atoms with E-state index in [9.17, 15) is 17.6 Å². The molecule has 0 amide bonds. The molecule has 0 atom stereocenters. The molecule has 1 aromatic rings. The molecule has 0 heterocycles. The van der Waals surface area contributed by atoms with Gasteiger partial charge in [0, 0.05) is 13.0 Å². The monoisotopic (exact) mass is 289 g/mol. The van der Waals surface area contributed by atoms with Gasteiger partial charge in [-0.15, -0.1) is 0 Å². The van der Waals surface area contributed by atoms with Gasteiger partial charge in [0.25, 0.3) is 0 Å². The Morgan fingerprint density at radius 2 is 2.16 bits per heavy atom. The Labute approximate surface area is 111 Å². The highest BCUT2D eigenvalue weighted by atomic mass is 32.2. The predicted molar refractivity (Wildman–Crippen MR) is 68.3 cm³/mol. The van der Waals surface area contributed by atoms with Crippen LogP contribution in [0.2, 0.25) is 0 Å². The fraction of sp³-hybridized carbons (Fsp3) is 0.417. The standard InChI is InChI=1S/C12H16FNO4S/c1-18-12(15)6-3-7-19(16,17)14-9-10-4-2-5-11(13)8-10/h2,4-5,8,14H,3,6-7,9H2,1H3. The summed E-state index contributed by atoms with van der Waals surface area (Å²) in [6.07, 6.45) is 0.239. The maximum absolute atomic E-state index is 12.9. The molecule has 0 aromatic heterocycles. The molecule has 1 aromatic carbocycles. The third kappa shape index (κ3) is 6.30. The molecule has 7 heteroatoms. The smallest absolute Gasteiger partial charge is 0.305 e. The lowest BCUT2D eigenvalue weighted by molar-refractivity contribution is -0.140. The van der Waals surface area contributed by atoms with Crippen molar-refractivity contribution >= 4 is 16.0 Å². The number of ether oxygens (including phenoxy) is 1. The normalized spacial score (nSPS) is 11.3. The molecule has 0 spiro atoms. The van der Waals surface area contributed by atoms with Crippen LogP contribution in [0.5, 0.6) is 0 Å². The maximum Gasteiger partial charge on any atom is 0.305 e. The lowest BCUT2D eigenvalue weighted by Gasteiger charge is -2.06. The Balaban J connectivity index is 2.40. The predicted octanol–water partition coefficient (Wildman–Crippen LogP) is 1.20. The molecule has 5 nitrogen and oxygen atoms in total. The molecule has 0 aliphatic carbocycles. The second-order valence-electron chi connectivity index (χ2n) is 3.95. The summed E-state index contributed by atoms with van der Waals surface area (Å²) in [7, 11) is -2.23. The highest BCUT2D eigenvalue weighted by molar-refractivity contribution is 7.89. The second-order valence-corrected chi connectivity index (χ2v) is 5.88. The number of carbonyl (C=O) groups excluding carboxylic acids is 1. The van der Waals surface area contributed by atoms with Gasteiger partial charge in [-0.2, -0.15) is 0 Å². The Morgan fingerprint density at radius 1 is 1.42 bits per heavy atom. The zero-order chi connectivity index (χ0) is 14.3. The summed E-state index contributed by atoms with van der Waals surface area (Å²) in [4.78, 5) is 10.8. The number of esters is 1. The summed E-state index contributed by atoms with van der Waals surface area (Å²) in [6.45, 7) is 0.0261. The van der Waals surface area contributed by atoms with Gasteiger partial charge in [0.2, 0.25) is 10.0 Å². The number of hydrogen-bond acceptors (Lipinski definition) is 4. The first-order valence-corrected chi connectivity index (χ1v) is 7.37. The third-order valence-corrected chi connectivity index (χ3v) is 3.82. The Bertz CT molecular complexity index is 530. The molecular formula is C12H16FNO4S. The summed E-state index contributed by atoms with van der Waals surface area (Å²) in [5, 5.41) is 0. The van der Waals surface area contributed by atoms with Crippen molar-refractivity contribution in [3.8, 4) is 0 Å². The van der Waals surface area contributed by atoms with E-state index in [4.69, 9.17) is 0 Å². The number of halogens is 1. The first kappa shape index (κ1) is 15.6. The first-order valence-electron chi connectivity index (χ1n) is 5.71. The fourth-order valence-electron chi connectivity index (χ4n) is 1.42. The van der Waals surface area contributed by atoms with Crippen LogP contribution in [0.25, 0.3) is 0 Å². The molecule has 19 heavy (non-hydrogen) atoms. The first-order chi connectivity index (χ1) is 8.93. The van der Waals surface area contributed by atoms with Crippen LogP contribution in [0.1, 0.15) is 18.4 Å². The summed E-state index contributed by atoms with van der Waals surface area (Å²) in [5.74, 6) is -1.03. The van der Waals surface area contributed by atoms with E-state index in [0.29, 0.717) is 5.56 Å². The largest absolute Gasteiger partial charge is 0.469 e. The van der Waals surface area contributed by atoms with Gasteiger partial charge in [0.15, 0.2) is 0 Å². The van der Waals surface area contributed by atoms with Gasteiger partial charge < -0.3 is 4.74 Å². The van der Waals surface area contributed by atoms with Gasteiger partial charge in [-0.25, -0.2) is 17.5 Å². The van der Waals surface area contributed by atoms with Crippen LogP contribution in [0, 0.1) is 5.82 Å². The maximum atomic E-state index is 12.9. The molecule has 0 aliphatic rings. The third-order valence-electron chi connectivity index (χ3n) is 2.41. The molecule has 0 radical (unpaired) electrons. The number of rotatable bonds is 7. The lowest BCUT2D eigenvalue weighted by Crippen LogP contribution is -2.26. The average Bonchev–Trinajstić information content (AvgIpc) is 2.36. The van der Waals surface area contributed by atoms with Gasteiger partial charge >= 0.3 is 5.97 Å². The summed E-state index contributed by atoms with van der Waals surface area (Å²) >= 11 is 0. The van der Waals surface area contributed by atoms with Gasteiger partial charge in [0.1, 0.15) is 5.82 Å². The van der Waals surface area contributed by atoms with Crippen LogP contribution in [-0.2, 0) is 26.1 Å². The van der Waals surface area contributed by atoms with Crippen molar-refractivity contribution in [1.29, 1.82) is 0 Å². The van der Waals surface area contributed by atoms with Crippen molar-refractivity contribution < 1.29 is 22.3 Å². The molecule has 106 valence electrons. The summed E-state index contributed by atoms with van der Waals surface area (Å²) in [5.41, 5.74) is 0.538. The topological polar surface area (TPSA) is 72.5 Å². The number of hydrogen-bond donors (Lipinski definition) is 1. The zero-order valence-corrected chi connectivity index (χ0v) is 11.4. The lowest BCUT2D eigenvalue weighted by atomic mass is 10.2. The van der Waals surface area contributed by atoms with Crippen molar-refractivity contribution in [2.24, 2.45) is 0 Å². The molecule has 1 rings (SSSR count). The fourth-order valence-corrected chi connectivity index (χ4v) is 2.48. The minimum atomic E-state index is -3.48. The average molecular weight is 289 g/mol. The molecule has 0 unspecified atom stereocenters. The minimum Gasteiger partial charge on any atom is -0.469 e. The van der Waals surface area contributed by atoms with Gasteiger partial charge in [-0.05, 0) is 24.1 Å². The van der Waals surface area contributed by atoms with E-state index >= 15 is 0 Å². The molecule has 0 saturated carbocycles. The number of benzene rings is 1. The molecule has 0 fully saturated rings. The van der Waals surface area contributed by atoms with Crippen molar-refractivity contribution in [2.45, 2.75) is 19.4 Å². The van der Waals surface area contributed by atoms with Crippen LogP contribution in [-0.4, -0.2) is 27.2 Å². The van der Waals surface area contributed by atoms with Crippen molar-refractivity contribution in [1.82, 2.24) is 4.72 Å². The number of methoxy groups -OCH3 is 1. The van der Waals surface area contributed by atoms with Crippen LogP contribution in [0.15, 0.2) is 24.3 Å². The van der Waals surface area contributed by atoms with Crippen LogP contribution in [0.3, 0.4) is 0 Å². The number of carbonyl (C=O) groups is 1. The molecule has 0 saturated heterocycles. The van der Waals surface area contributed by atoms with Crippen molar-refractivity contribution in [3.63, 3.8) is 0 Å². The van der Waals surface area contributed by atoms with Crippen molar-refractivity contribution in [2.75, 3.05) is 12.9 Å². The van der Waals surface area contributed by atoms with E-state index in [-0.39, 0.29) is 25.1 Å². The van der Waals surface area contributed by atoms with E-state index in [1.807, 2.05) is 0 Å². The highest BCUT2D eigenvalue weighted by Crippen LogP contribution is 2.04. The van der Waals surface area contributed by atoms with E-state index in [0.717, 1.165) is 0 Å². The molecule has 1 N–H and O–H groups in total.